The van der Waals surface area contributed by atoms with E-state index in [-0.39, 0.29) is 12.4 Å². The van der Waals surface area contributed by atoms with E-state index in [9.17, 15) is 9.18 Å². The highest BCUT2D eigenvalue weighted by Gasteiger charge is 2.10. The van der Waals surface area contributed by atoms with Crippen LogP contribution in [0.15, 0.2) is 54.6 Å². The number of esters is 1. The van der Waals surface area contributed by atoms with Crippen LogP contribution in [0, 0.1) is 5.82 Å². The van der Waals surface area contributed by atoms with Crippen LogP contribution in [-0.2, 0) is 16.0 Å². The number of carbonyl (C=O) groups is 1. The molecule has 0 amide bonds. The van der Waals surface area contributed by atoms with Gasteiger partial charge < -0.3 is 4.74 Å². The number of allylic oxidation sites excluding steroid dienone is 1. The van der Waals surface area contributed by atoms with Crippen molar-refractivity contribution >= 4 is 23.1 Å². The van der Waals surface area contributed by atoms with Crippen molar-refractivity contribution in [3.8, 4) is 0 Å². The van der Waals surface area contributed by atoms with Gasteiger partial charge in [-0.2, -0.15) is 0 Å². The lowest BCUT2D eigenvalue weighted by Crippen LogP contribution is -2.02. The van der Waals surface area contributed by atoms with E-state index in [1.807, 2.05) is 24.3 Å². The second kappa shape index (κ2) is 8.49. The van der Waals surface area contributed by atoms with Crippen molar-refractivity contribution in [2.45, 2.75) is 19.8 Å². The summed E-state index contributed by atoms with van der Waals surface area (Å²) in [6.07, 6.45) is 2.58. The molecule has 0 saturated heterocycles. The number of aryl methyl sites for hydroxylation is 1. The number of ether oxygens (including phenoxy) is 1. The lowest BCUT2D eigenvalue weighted by molar-refractivity contribution is -0.137. The lowest BCUT2D eigenvalue weighted by atomic mass is 9.97. The Kier molecular flexibility index (Phi) is 6.36. The summed E-state index contributed by atoms with van der Waals surface area (Å²) in [6.45, 7) is 2.03. The fourth-order valence-corrected chi connectivity index (χ4v) is 2.39. The molecule has 23 heavy (non-hydrogen) atoms. The highest BCUT2D eigenvalue weighted by molar-refractivity contribution is 6.30. The van der Waals surface area contributed by atoms with Gasteiger partial charge in [0, 0.05) is 16.7 Å². The average molecular weight is 333 g/mol. The molecule has 0 fully saturated rings. The maximum Gasteiger partial charge on any atom is 0.331 e. The maximum absolute atomic E-state index is 14.0. The molecular weight excluding hydrogens is 315 g/mol. The fourth-order valence-electron chi connectivity index (χ4n) is 2.26. The quantitative estimate of drug-likeness (QED) is 0.546. The molecule has 0 unspecified atom stereocenters. The van der Waals surface area contributed by atoms with Gasteiger partial charge in [-0.25, -0.2) is 9.18 Å². The summed E-state index contributed by atoms with van der Waals surface area (Å²) in [7, 11) is 0. The average Bonchev–Trinajstić information content (AvgIpc) is 2.54. The Morgan fingerprint density at radius 3 is 2.52 bits per heavy atom. The minimum absolute atomic E-state index is 0.289. The topological polar surface area (TPSA) is 26.3 Å². The first-order valence-corrected chi connectivity index (χ1v) is 7.84. The van der Waals surface area contributed by atoms with Crippen molar-refractivity contribution in [3.05, 3.63) is 76.6 Å². The first-order valence-electron chi connectivity index (χ1n) is 7.47. The Labute approximate surface area is 140 Å². The number of carbonyl (C=O) groups excluding carboxylic acids is 1. The van der Waals surface area contributed by atoms with Gasteiger partial charge in [0.05, 0.1) is 6.61 Å². The first-order chi connectivity index (χ1) is 11.1. The van der Waals surface area contributed by atoms with E-state index < -0.39 is 5.97 Å². The molecule has 4 heteroatoms. The number of hydrogen-bond donors (Lipinski definition) is 0. The van der Waals surface area contributed by atoms with Gasteiger partial charge in [-0.05, 0) is 49.1 Å². The van der Waals surface area contributed by atoms with E-state index in [0.717, 1.165) is 5.56 Å². The molecule has 2 aromatic rings. The van der Waals surface area contributed by atoms with Gasteiger partial charge >= 0.3 is 5.97 Å². The van der Waals surface area contributed by atoms with Crippen molar-refractivity contribution < 1.29 is 13.9 Å². The standard InChI is InChI=1S/C19H18ClFO2/c1-2-23-19(22)13-15(17-5-3-4-6-18(17)21)10-7-14-8-11-16(20)12-9-14/h3-6,8-9,11-13H,2,7,10H2,1H3/b15-13+. The minimum Gasteiger partial charge on any atom is -0.463 e. The van der Waals surface area contributed by atoms with Crippen molar-refractivity contribution in [2.75, 3.05) is 6.61 Å². The summed E-state index contributed by atoms with van der Waals surface area (Å²) in [5.41, 5.74) is 2.12. The molecule has 0 aromatic heterocycles. The molecule has 0 bridgehead atoms. The highest BCUT2D eigenvalue weighted by atomic mass is 35.5. The molecule has 120 valence electrons. The number of hydrogen-bond acceptors (Lipinski definition) is 2. The van der Waals surface area contributed by atoms with Crippen LogP contribution in [0.1, 0.15) is 24.5 Å². The molecule has 0 N–H and O–H groups in total. The smallest absolute Gasteiger partial charge is 0.331 e. The molecule has 0 aliphatic rings. The van der Waals surface area contributed by atoms with Crippen LogP contribution in [0.3, 0.4) is 0 Å². The van der Waals surface area contributed by atoms with E-state index in [1.165, 1.54) is 12.1 Å². The Morgan fingerprint density at radius 1 is 1.17 bits per heavy atom. The van der Waals surface area contributed by atoms with Crippen LogP contribution < -0.4 is 0 Å². The lowest BCUT2D eigenvalue weighted by Gasteiger charge is -2.09. The monoisotopic (exact) mass is 332 g/mol. The van der Waals surface area contributed by atoms with Gasteiger partial charge in [0.15, 0.2) is 0 Å². The van der Waals surface area contributed by atoms with E-state index in [4.69, 9.17) is 16.3 Å². The summed E-state index contributed by atoms with van der Waals surface area (Å²) in [4.78, 5) is 11.8. The zero-order chi connectivity index (χ0) is 16.7. The van der Waals surface area contributed by atoms with Crippen LogP contribution in [-0.4, -0.2) is 12.6 Å². The predicted octanol–water partition coefficient (Wildman–Crippen LogP) is 5.06. The Bertz CT molecular complexity index is 693. The summed E-state index contributed by atoms with van der Waals surface area (Å²) >= 11 is 5.87. The van der Waals surface area contributed by atoms with E-state index in [2.05, 4.69) is 0 Å². The van der Waals surface area contributed by atoms with E-state index in [1.54, 1.807) is 25.1 Å². The molecule has 0 heterocycles. The van der Waals surface area contributed by atoms with Gasteiger partial charge in [-0.15, -0.1) is 0 Å². The van der Waals surface area contributed by atoms with Crippen LogP contribution >= 0.6 is 11.6 Å². The maximum atomic E-state index is 14.0. The third kappa shape index (κ3) is 5.22. The largest absolute Gasteiger partial charge is 0.463 e. The Morgan fingerprint density at radius 2 is 1.87 bits per heavy atom. The van der Waals surface area contributed by atoms with Gasteiger partial charge in [-0.3, -0.25) is 0 Å². The molecule has 2 nitrogen and oxygen atoms in total. The second-order valence-corrected chi connectivity index (χ2v) is 5.46. The highest BCUT2D eigenvalue weighted by Crippen LogP contribution is 2.24. The zero-order valence-electron chi connectivity index (χ0n) is 12.9. The van der Waals surface area contributed by atoms with E-state index in [0.29, 0.717) is 29.0 Å². The molecule has 0 saturated carbocycles. The SMILES string of the molecule is CCOC(=O)/C=C(\CCc1ccc(Cl)cc1)c1ccccc1F. The summed E-state index contributed by atoms with van der Waals surface area (Å²) in [6, 6.07) is 13.9. The minimum atomic E-state index is -0.457. The van der Waals surface area contributed by atoms with Gasteiger partial charge in [-0.1, -0.05) is 41.9 Å². The molecule has 0 aliphatic heterocycles. The number of benzene rings is 2. The van der Waals surface area contributed by atoms with Crippen molar-refractivity contribution in [1.29, 1.82) is 0 Å². The van der Waals surface area contributed by atoms with Crippen LogP contribution in [0.4, 0.5) is 4.39 Å². The van der Waals surface area contributed by atoms with E-state index >= 15 is 0 Å². The predicted molar refractivity (Wildman–Crippen MR) is 90.8 cm³/mol. The zero-order valence-corrected chi connectivity index (χ0v) is 13.6. The summed E-state index contributed by atoms with van der Waals surface area (Å²) in [5, 5.41) is 0.671. The summed E-state index contributed by atoms with van der Waals surface area (Å²) < 4.78 is 19.0. The third-order valence-electron chi connectivity index (χ3n) is 3.39. The molecule has 0 atom stereocenters. The third-order valence-corrected chi connectivity index (χ3v) is 3.65. The van der Waals surface area contributed by atoms with Gasteiger partial charge in [0.25, 0.3) is 0 Å². The molecule has 2 aromatic carbocycles. The molecule has 0 aliphatic carbocycles. The molecule has 0 spiro atoms. The van der Waals surface area contributed by atoms with Gasteiger partial charge in [0.2, 0.25) is 0 Å². The number of halogens is 2. The van der Waals surface area contributed by atoms with Crippen molar-refractivity contribution in [3.63, 3.8) is 0 Å². The first kappa shape index (κ1) is 17.2. The molecular formula is C19H18ClFO2. The second-order valence-electron chi connectivity index (χ2n) is 5.03. The molecule has 2 rings (SSSR count). The Hall–Kier alpha value is -2.13. The number of rotatable bonds is 6. The summed E-state index contributed by atoms with van der Waals surface area (Å²) in [5.74, 6) is -0.805. The van der Waals surface area contributed by atoms with Crippen LogP contribution in [0.5, 0.6) is 0 Å². The Balaban J connectivity index is 2.21. The normalized spacial score (nSPS) is 11.3. The van der Waals surface area contributed by atoms with Crippen molar-refractivity contribution in [1.82, 2.24) is 0 Å². The fraction of sp³-hybridized carbons (Fsp3) is 0.211. The van der Waals surface area contributed by atoms with Crippen molar-refractivity contribution in [2.24, 2.45) is 0 Å². The van der Waals surface area contributed by atoms with Crippen LogP contribution in [0.25, 0.3) is 5.57 Å². The molecule has 0 radical (unpaired) electrons. The van der Waals surface area contributed by atoms with Crippen LogP contribution in [0.2, 0.25) is 5.02 Å². The van der Waals surface area contributed by atoms with Gasteiger partial charge in [0.1, 0.15) is 5.82 Å².